The first kappa shape index (κ1) is 22.0. The van der Waals surface area contributed by atoms with Gasteiger partial charge in [-0.05, 0) is 37.5 Å². The van der Waals surface area contributed by atoms with E-state index in [4.69, 9.17) is 16.3 Å². The third-order valence-electron chi connectivity index (χ3n) is 3.99. The Hall–Kier alpha value is -1.09. The lowest BCUT2D eigenvalue weighted by molar-refractivity contribution is -0.149. The molecule has 0 bridgehead atoms. The highest BCUT2D eigenvalue weighted by atomic mass is 127. The van der Waals surface area contributed by atoms with Crippen LogP contribution in [0.15, 0.2) is 23.2 Å². The molecule has 0 radical (unpaired) electrons. The average Bonchev–Trinajstić information content (AvgIpc) is 2.59. The van der Waals surface area contributed by atoms with Crippen molar-refractivity contribution in [1.82, 2.24) is 10.2 Å². The fourth-order valence-corrected chi connectivity index (χ4v) is 2.99. The molecule has 1 aliphatic rings. The normalized spacial score (nSPS) is 17.7. The van der Waals surface area contributed by atoms with E-state index in [-0.39, 0.29) is 40.9 Å². The summed E-state index contributed by atoms with van der Waals surface area (Å²) in [4.78, 5) is 18.3. The summed E-state index contributed by atoms with van der Waals surface area (Å²) in [6.45, 7) is 4.11. The van der Waals surface area contributed by atoms with Gasteiger partial charge in [0.25, 0.3) is 0 Å². The van der Waals surface area contributed by atoms with E-state index < -0.39 is 5.82 Å². The molecule has 0 amide bonds. The van der Waals surface area contributed by atoms with Crippen molar-refractivity contribution in [2.24, 2.45) is 10.9 Å². The number of halogens is 3. The number of nitrogens with one attached hydrogen (secondary N) is 1. The van der Waals surface area contributed by atoms with Crippen LogP contribution in [0.4, 0.5) is 4.39 Å². The van der Waals surface area contributed by atoms with E-state index in [0.29, 0.717) is 25.7 Å². The maximum Gasteiger partial charge on any atom is 0.310 e. The van der Waals surface area contributed by atoms with E-state index in [2.05, 4.69) is 15.2 Å². The summed E-state index contributed by atoms with van der Waals surface area (Å²) in [5.41, 5.74) is 0.863. The van der Waals surface area contributed by atoms with Gasteiger partial charge in [0.1, 0.15) is 5.82 Å². The summed E-state index contributed by atoms with van der Waals surface area (Å²) in [5.74, 6) is 0.00281. The number of likely N-dealkylation sites (tertiary alicyclic amines) is 1. The topological polar surface area (TPSA) is 53.9 Å². The van der Waals surface area contributed by atoms with Gasteiger partial charge in [-0.25, -0.2) is 4.39 Å². The van der Waals surface area contributed by atoms with Crippen molar-refractivity contribution in [1.29, 1.82) is 0 Å². The summed E-state index contributed by atoms with van der Waals surface area (Å²) in [6.07, 6.45) is 1.74. The van der Waals surface area contributed by atoms with Crippen LogP contribution in [0.3, 0.4) is 0 Å². The highest BCUT2D eigenvalue weighted by Gasteiger charge is 2.28. The number of rotatable bonds is 4. The number of guanidine groups is 1. The second-order valence-electron chi connectivity index (χ2n) is 5.69. The van der Waals surface area contributed by atoms with Crippen LogP contribution in [-0.2, 0) is 16.1 Å². The molecule has 1 aromatic carbocycles. The Morgan fingerprint density at radius 2 is 2.28 bits per heavy atom. The van der Waals surface area contributed by atoms with Gasteiger partial charge in [0.2, 0.25) is 0 Å². The minimum Gasteiger partial charge on any atom is -0.466 e. The van der Waals surface area contributed by atoms with Gasteiger partial charge >= 0.3 is 5.97 Å². The van der Waals surface area contributed by atoms with Crippen molar-refractivity contribution in [3.63, 3.8) is 0 Å². The van der Waals surface area contributed by atoms with Crippen molar-refractivity contribution in [3.8, 4) is 0 Å². The van der Waals surface area contributed by atoms with Gasteiger partial charge in [0, 0.05) is 26.7 Å². The lowest BCUT2D eigenvalue weighted by Crippen LogP contribution is -2.48. The van der Waals surface area contributed by atoms with E-state index in [0.717, 1.165) is 24.9 Å². The maximum absolute atomic E-state index is 13.2. The van der Waals surface area contributed by atoms with E-state index in [9.17, 15) is 9.18 Å². The first-order chi connectivity index (χ1) is 11.5. The smallest absolute Gasteiger partial charge is 0.310 e. The molecule has 1 N–H and O–H groups in total. The molecule has 1 atom stereocenters. The molecule has 5 nitrogen and oxygen atoms in total. The van der Waals surface area contributed by atoms with E-state index in [1.807, 2.05) is 6.92 Å². The molecule has 0 saturated carbocycles. The molecule has 0 aromatic heterocycles. The van der Waals surface area contributed by atoms with Crippen LogP contribution >= 0.6 is 35.6 Å². The molecule has 1 aliphatic heterocycles. The number of hydrogen-bond acceptors (Lipinski definition) is 3. The minimum atomic E-state index is -0.432. The van der Waals surface area contributed by atoms with Gasteiger partial charge in [-0.15, -0.1) is 24.0 Å². The van der Waals surface area contributed by atoms with Gasteiger partial charge in [-0.2, -0.15) is 0 Å². The monoisotopic (exact) mass is 483 g/mol. The number of benzene rings is 1. The predicted octanol–water partition coefficient (Wildman–Crippen LogP) is 3.45. The zero-order chi connectivity index (χ0) is 17.5. The predicted molar refractivity (Wildman–Crippen MR) is 108 cm³/mol. The Morgan fingerprint density at radius 1 is 1.52 bits per heavy atom. The van der Waals surface area contributed by atoms with Crippen molar-refractivity contribution in [3.05, 3.63) is 34.6 Å². The van der Waals surface area contributed by atoms with Crippen LogP contribution in [0.1, 0.15) is 25.3 Å². The zero-order valence-electron chi connectivity index (χ0n) is 14.4. The molecule has 1 aromatic rings. The Labute approximate surface area is 170 Å². The van der Waals surface area contributed by atoms with Crippen LogP contribution in [-0.4, -0.2) is 43.6 Å². The molecule has 0 spiro atoms. The summed E-state index contributed by atoms with van der Waals surface area (Å²) < 4.78 is 18.3. The number of carbonyl (C=O) groups is 1. The van der Waals surface area contributed by atoms with Crippen molar-refractivity contribution >= 4 is 47.5 Å². The Bertz CT molecular complexity index is 616. The van der Waals surface area contributed by atoms with Gasteiger partial charge < -0.3 is 15.0 Å². The lowest BCUT2D eigenvalue weighted by atomic mass is 9.98. The maximum atomic E-state index is 13.2. The molecule has 8 heteroatoms. The quantitative estimate of drug-likeness (QED) is 0.308. The molecule has 1 heterocycles. The second kappa shape index (κ2) is 10.8. The number of carbonyl (C=O) groups excluding carboxylic acids is 1. The molecule has 1 fully saturated rings. The standard InChI is InChI=1S/C17H23ClFN3O2.HI/c1-3-24-16(23)13-5-4-8-22(11-13)17(20-2)21-10-12-6-7-15(19)14(18)9-12;/h6-7,9,13H,3-5,8,10-11H2,1-2H3,(H,20,21);1H. The highest BCUT2D eigenvalue weighted by molar-refractivity contribution is 14.0. The third kappa shape index (κ3) is 6.29. The van der Waals surface area contributed by atoms with Gasteiger partial charge in [0.15, 0.2) is 5.96 Å². The number of piperidine rings is 1. The molecule has 1 saturated heterocycles. The minimum absolute atomic E-state index is 0. The van der Waals surface area contributed by atoms with E-state index >= 15 is 0 Å². The Kier molecular flexibility index (Phi) is 9.48. The molecule has 1 unspecified atom stereocenters. The number of ether oxygens (including phenoxy) is 1. The number of nitrogens with zero attached hydrogens (tertiary/aromatic N) is 2. The highest BCUT2D eigenvalue weighted by Crippen LogP contribution is 2.19. The molecular weight excluding hydrogens is 460 g/mol. The summed E-state index contributed by atoms with van der Waals surface area (Å²) in [7, 11) is 1.70. The first-order valence-electron chi connectivity index (χ1n) is 8.11. The molecule has 2 rings (SSSR count). The van der Waals surface area contributed by atoms with Crippen LogP contribution in [0, 0.1) is 11.7 Å². The van der Waals surface area contributed by atoms with Gasteiger partial charge in [0.05, 0.1) is 17.5 Å². The SMILES string of the molecule is CCOC(=O)C1CCCN(C(=NC)NCc2ccc(F)c(Cl)c2)C1.I. The fourth-order valence-electron chi connectivity index (χ4n) is 2.79. The molecule has 0 aliphatic carbocycles. The summed E-state index contributed by atoms with van der Waals surface area (Å²) in [5, 5.41) is 3.34. The number of esters is 1. The second-order valence-corrected chi connectivity index (χ2v) is 6.09. The number of hydrogen-bond donors (Lipinski definition) is 1. The first-order valence-corrected chi connectivity index (χ1v) is 8.49. The van der Waals surface area contributed by atoms with Crippen molar-refractivity contribution in [2.45, 2.75) is 26.3 Å². The third-order valence-corrected chi connectivity index (χ3v) is 4.28. The Balaban J connectivity index is 0.00000312. The number of aliphatic imine (C=N–C) groups is 1. The van der Waals surface area contributed by atoms with E-state index in [1.54, 1.807) is 19.2 Å². The lowest BCUT2D eigenvalue weighted by Gasteiger charge is -2.34. The van der Waals surface area contributed by atoms with Crippen LogP contribution in [0.25, 0.3) is 0 Å². The molecular formula is C17H24ClFIN3O2. The van der Waals surface area contributed by atoms with Gasteiger partial charge in [-0.1, -0.05) is 17.7 Å². The largest absolute Gasteiger partial charge is 0.466 e. The van der Waals surface area contributed by atoms with Crippen molar-refractivity contribution < 1.29 is 13.9 Å². The molecule has 140 valence electrons. The summed E-state index contributed by atoms with van der Waals surface area (Å²) >= 11 is 5.80. The summed E-state index contributed by atoms with van der Waals surface area (Å²) in [6, 6.07) is 4.62. The van der Waals surface area contributed by atoms with E-state index in [1.165, 1.54) is 6.07 Å². The molecule has 25 heavy (non-hydrogen) atoms. The average molecular weight is 484 g/mol. The van der Waals surface area contributed by atoms with Crippen LogP contribution in [0.2, 0.25) is 5.02 Å². The van der Waals surface area contributed by atoms with Crippen LogP contribution < -0.4 is 5.32 Å². The Morgan fingerprint density at radius 3 is 2.92 bits per heavy atom. The van der Waals surface area contributed by atoms with Gasteiger partial charge in [-0.3, -0.25) is 9.79 Å². The zero-order valence-corrected chi connectivity index (χ0v) is 17.5. The fraction of sp³-hybridized carbons (Fsp3) is 0.529. The van der Waals surface area contributed by atoms with Crippen LogP contribution in [0.5, 0.6) is 0 Å². The van der Waals surface area contributed by atoms with Crippen molar-refractivity contribution in [2.75, 3.05) is 26.7 Å².